The zero-order chi connectivity index (χ0) is 21.8. The van der Waals surface area contributed by atoms with Crippen molar-refractivity contribution < 1.29 is 23.8 Å². The molecule has 0 unspecified atom stereocenters. The molecule has 4 rings (SSSR count). The average Bonchev–Trinajstić information content (AvgIpc) is 3.40. The molecule has 1 aliphatic rings. The van der Waals surface area contributed by atoms with Crippen molar-refractivity contribution in [3.63, 3.8) is 0 Å². The minimum atomic E-state index is -0.911. The van der Waals surface area contributed by atoms with Gasteiger partial charge in [0.25, 0.3) is 0 Å². The summed E-state index contributed by atoms with van der Waals surface area (Å²) >= 11 is 1.60. The van der Waals surface area contributed by atoms with Crippen LogP contribution < -0.4 is 0 Å². The molecule has 1 aromatic carbocycles. The largest absolute Gasteiger partial charge is 0.478 e. The maximum absolute atomic E-state index is 11.6. The molecular weight excluding hydrogens is 414 g/mol. The van der Waals surface area contributed by atoms with Crippen LogP contribution in [-0.2, 0) is 22.7 Å². The first-order chi connectivity index (χ1) is 15.0. The van der Waals surface area contributed by atoms with Gasteiger partial charge in [0.05, 0.1) is 35.9 Å². The third-order valence-electron chi connectivity index (χ3n) is 5.71. The predicted octanol–water partition coefficient (Wildman–Crippen LogP) is 5.76. The molecule has 1 saturated carbocycles. The topological polar surface area (TPSA) is 81.8 Å². The van der Waals surface area contributed by atoms with Gasteiger partial charge in [-0.1, -0.05) is 24.3 Å². The summed E-state index contributed by atoms with van der Waals surface area (Å²) in [5.74, 6) is 0.516. The van der Waals surface area contributed by atoms with Gasteiger partial charge >= 0.3 is 5.97 Å². The number of hydrogen-bond acceptors (Lipinski definition) is 6. The number of rotatable bonds is 8. The van der Waals surface area contributed by atoms with Crippen molar-refractivity contribution in [3.8, 4) is 10.8 Å². The van der Waals surface area contributed by atoms with Crippen LogP contribution in [0, 0.1) is 13.8 Å². The van der Waals surface area contributed by atoms with Crippen molar-refractivity contribution in [2.75, 3.05) is 0 Å². The lowest BCUT2D eigenvalue weighted by atomic mass is 9.94. The fourth-order valence-electron chi connectivity index (χ4n) is 4.03. The molecule has 6 nitrogen and oxygen atoms in total. The van der Waals surface area contributed by atoms with Crippen LogP contribution in [0.1, 0.15) is 58.6 Å². The van der Waals surface area contributed by atoms with Crippen LogP contribution in [0.2, 0.25) is 0 Å². The molecule has 0 aliphatic heterocycles. The quantitative estimate of drug-likeness (QED) is 0.478. The highest BCUT2D eigenvalue weighted by Crippen LogP contribution is 2.29. The van der Waals surface area contributed by atoms with Crippen molar-refractivity contribution in [3.05, 3.63) is 63.9 Å². The standard InChI is InChI=1S/C24H27NO5S/c1-15-6-3-7-17(22(15)24(26)27)13-28-18-8-4-9-19(12-18)29-14-20-16(2)30-23(25-20)21-10-5-11-31-21/h3,5-7,10-11,18-19H,4,8-9,12-14H2,1-2H3,(H,26,27)/t18-,19+/m1/s1. The molecule has 0 spiro atoms. The monoisotopic (exact) mass is 441 g/mol. The number of carbonyl (C=O) groups is 1. The van der Waals surface area contributed by atoms with Crippen molar-refractivity contribution >= 4 is 17.3 Å². The van der Waals surface area contributed by atoms with Gasteiger partial charge in [0.15, 0.2) is 0 Å². The Kier molecular flexibility index (Phi) is 6.85. The molecule has 3 aromatic rings. The number of oxazole rings is 1. The first-order valence-electron chi connectivity index (χ1n) is 10.6. The fraction of sp³-hybridized carbons (Fsp3) is 0.417. The van der Waals surface area contributed by atoms with E-state index >= 15 is 0 Å². The Morgan fingerprint density at radius 3 is 2.65 bits per heavy atom. The van der Waals surface area contributed by atoms with E-state index in [9.17, 15) is 9.90 Å². The van der Waals surface area contributed by atoms with E-state index in [1.54, 1.807) is 11.3 Å². The number of hydrogen-bond donors (Lipinski definition) is 1. The summed E-state index contributed by atoms with van der Waals surface area (Å²) in [5, 5.41) is 11.5. The minimum absolute atomic E-state index is 0.0565. The Hall–Kier alpha value is -2.48. The SMILES string of the molecule is Cc1cccc(CO[C@@H]2CCC[C@H](OCc3nc(-c4cccs4)oc3C)C2)c1C(=O)O. The molecule has 2 atom stereocenters. The van der Waals surface area contributed by atoms with Crippen molar-refractivity contribution in [1.29, 1.82) is 0 Å². The Balaban J connectivity index is 1.32. The van der Waals surface area contributed by atoms with Gasteiger partial charge in [0.2, 0.25) is 5.89 Å². The molecule has 0 saturated heterocycles. The molecule has 1 fully saturated rings. The van der Waals surface area contributed by atoms with Gasteiger partial charge in [-0.05, 0) is 62.1 Å². The highest BCUT2D eigenvalue weighted by molar-refractivity contribution is 7.13. The number of ether oxygens (including phenoxy) is 2. The molecule has 7 heteroatoms. The lowest BCUT2D eigenvalue weighted by Crippen LogP contribution is -2.28. The number of aromatic carboxylic acids is 1. The van der Waals surface area contributed by atoms with Gasteiger partial charge in [0.1, 0.15) is 11.5 Å². The van der Waals surface area contributed by atoms with Gasteiger partial charge < -0.3 is 19.0 Å². The van der Waals surface area contributed by atoms with Crippen molar-refractivity contribution in [1.82, 2.24) is 4.98 Å². The number of nitrogens with zero attached hydrogens (tertiary/aromatic N) is 1. The summed E-state index contributed by atoms with van der Waals surface area (Å²) in [6.07, 6.45) is 3.91. The maximum Gasteiger partial charge on any atom is 0.336 e. The second kappa shape index (κ2) is 9.77. The van der Waals surface area contributed by atoms with Gasteiger partial charge in [0, 0.05) is 0 Å². The minimum Gasteiger partial charge on any atom is -0.478 e. The fourth-order valence-corrected chi connectivity index (χ4v) is 4.68. The van der Waals surface area contributed by atoms with E-state index in [0.717, 1.165) is 53.1 Å². The van der Waals surface area contributed by atoms with Gasteiger partial charge in [-0.2, -0.15) is 0 Å². The number of benzene rings is 1. The Labute approximate surface area is 185 Å². The molecule has 0 radical (unpaired) electrons. The maximum atomic E-state index is 11.6. The Morgan fingerprint density at radius 1 is 1.16 bits per heavy atom. The Morgan fingerprint density at radius 2 is 1.94 bits per heavy atom. The average molecular weight is 442 g/mol. The predicted molar refractivity (Wildman–Crippen MR) is 118 cm³/mol. The lowest BCUT2D eigenvalue weighted by molar-refractivity contribution is -0.0564. The number of aromatic nitrogens is 1. The molecule has 0 bridgehead atoms. The molecule has 164 valence electrons. The van der Waals surface area contributed by atoms with E-state index in [4.69, 9.17) is 13.9 Å². The van der Waals surface area contributed by atoms with E-state index in [1.165, 1.54) is 0 Å². The van der Waals surface area contributed by atoms with Gasteiger partial charge in [-0.3, -0.25) is 0 Å². The van der Waals surface area contributed by atoms with Crippen LogP contribution in [0.5, 0.6) is 0 Å². The number of aryl methyl sites for hydroxylation is 2. The zero-order valence-electron chi connectivity index (χ0n) is 17.8. The van der Waals surface area contributed by atoms with E-state index in [1.807, 2.05) is 49.6 Å². The molecule has 1 aliphatic carbocycles. The van der Waals surface area contributed by atoms with E-state index in [0.29, 0.717) is 24.7 Å². The molecule has 2 aromatic heterocycles. The van der Waals surface area contributed by atoms with Crippen LogP contribution in [0.3, 0.4) is 0 Å². The summed E-state index contributed by atoms with van der Waals surface area (Å²) in [6, 6.07) is 9.48. The molecule has 1 N–H and O–H groups in total. The van der Waals surface area contributed by atoms with Crippen LogP contribution >= 0.6 is 11.3 Å². The summed E-state index contributed by atoms with van der Waals surface area (Å²) in [7, 11) is 0. The molecule has 0 amide bonds. The summed E-state index contributed by atoms with van der Waals surface area (Å²) < 4.78 is 18.0. The zero-order valence-corrected chi connectivity index (χ0v) is 18.6. The van der Waals surface area contributed by atoms with E-state index in [2.05, 4.69) is 4.98 Å². The number of carboxylic acids is 1. The summed E-state index contributed by atoms with van der Waals surface area (Å²) in [6.45, 7) is 4.44. The molecule has 31 heavy (non-hydrogen) atoms. The van der Waals surface area contributed by atoms with Crippen LogP contribution in [0.25, 0.3) is 10.8 Å². The summed E-state index contributed by atoms with van der Waals surface area (Å²) in [5.41, 5.74) is 2.64. The smallest absolute Gasteiger partial charge is 0.336 e. The first kappa shape index (κ1) is 21.7. The van der Waals surface area contributed by atoms with Crippen LogP contribution in [-0.4, -0.2) is 28.3 Å². The third kappa shape index (κ3) is 5.23. The van der Waals surface area contributed by atoms with Crippen molar-refractivity contribution in [2.45, 2.75) is 65.0 Å². The highest BCUT2D eigenvalue weighted by atomic mass is 32.1. The van der Waals surface area contributed by atoms with Crippen LogP contribution in [0.4, 0.5) is 0 Å². The number of thiophene rings is 1. The van der Waals surface area contributed by atoms with Gasteiger partial charge in [-0.25, -0.2) is 9.78 Å². The normalized spacial score (nSPS) is 18.9. The second-order valence-electron chi connectivity index (χ2n) is 7.95. The van der Waals surface area contributed by atoms with E-state index < -0.39 is 5.97 Å². The highest BCUT2D eigenvalue weighted by Gasteiger charge is 2.25. The second-order valence-corrected chi connectivity index (χ2v) is 8.89. The first-order valence-corrected chi connectivity index (χ1v) is 11.4. The van der Waals surface area contributed by atoms with Crippen LogP contribution in [0.15, 0.2) is 40.1 Å². The summed E-state index contributed by atoms with van der Waals surface area (Å²) in [4.78, 5) is 17.2. The lowest BCUT2D eigenvalue weighted by Gasteiger charge is -2.29. The molecule has 2 heterocycles. The molecular formula is C24H27NO5S. The van der Waals surface area contributed by atoms with Crippen molar-refractivity contribution in [2.24, 2.45) is 0 Å². The third-order valence-corrected chi connectivity index (χ3v) is 6.56. The van der Waals surface area contributed by atoms with E-state index in [-0.39, 0.29) is 12.2 Å². The van der Waals surface area contributed by atoms with Gasteiger partial charge in [-0.15, -0.1) is 11.3 Å². The number of carboxylic acid groups (broad SMARTS) is 1. The Bertz CT molecular complexity index is 1030.